The minimum Gasteiger partial charge on any atom is -0.481 e. The zero-order chi connectivity index (χ0) is 28.8. The lowest BCUT2D eigenvalue weighted by Crippen LogP contribution is -2.57. The van der Waals surface area contributed by atoms with Crippen molar-refractivity contribution in [3.63, 3.8) is 0 Å². The molecule has 0 bridgehead atoms. The first-order valence-corrected chi connectivity index (χ1v) is 14.2. The van der Waals surface area contributed by atoms with E-state index in [0.717, 1.165) is 47.1 Å². The topological polar surface area (TPSA) is 114 Å². The van der Waals surface area contributed by atoms with Crippen molar-refractivity contribution < 1.29 is 29.0 Å². The second kappa shape index (κ2) is 13.0. The van der Waals surface area contributed by atoms with Gasteiger partial charge in [0.1, 0.15) is 12.6 Å². The summed E-state index contributed by atoms with van der Waals surface area (Å²) in [7, 11) is 0. The molecule has 1 unspecified atom stereocenters. The van der Waals surface area contributed by atoms with E-state index in [1.165, 1.54) is 0 Å². The van der Waals surface area contributed by atoms with Crippen LogP contribution in [-0.4, -0.2) is 47.9 Å². The molecule has 41 heavy (non-hydrogen) atoms. The quantitative estimate of drug-likeness (QED) is 0.281. The largest absolute Gasteiger partial charge is 0.481 e. The van der Waals surface area contributed by atoms with E-state index in [4.69, 9.17) is 9.47 Å². The molecule has 5 rings (SSSR count). The van der Waals surface area contributed by atoms with Crippen LogP contribution in [0, 0.1) is 5.92 Å². The lowest BCUT2D eigenvalue weighted by molar-refractivity contribution is -0.138. The third-order valence-corrected chi connectivity index (χ3v) is 8.17. The van der Waals surface area contributed by atoms with Gasteiger partial charge in [-0.25, -0.2) is 4.79 Å². The van der Waals surface area contributed by atoms with Gasteiger partial charge in [-0.15, -0.1) is 0 Å². The Bertz CT molecular complexity index is 1330. The zero-order valence-corrected chi connectivity index (χ0v) is 23.1. The van der Waals surface area contributed by atoms with Crippen molar-refractivity contribution in [2.45, 2.75) is 63.3 Å². The smallest absolute Gasteiger partial charge is 0.407 e. The maximum atomic E-state index is 13.5. The molecular weight excluding hydrogens is 520 g/mol. The number of hydrogen-bond donors (Lipinski definition) is 3. The normalized spacial score (nSPS) is 16.4. The Morgan fingerprint density at radius 1 is 0.878 bits per heavy atom. The van der Waals surface area contributed by atoms with Crippen molar-refractivity contribution in [3.05, 3.63) is 95.6 Å². The van der Waals surface area contributed by atoms with Crippen molar-refractivity contribution in [1.82, 2.24) is 10.6 Å². The minimum absolute atomic E-state index is 0.102. The molecule has 8 heteroatoms. The van der Waals surface area contributed by atoms with Crippen LogP contribution < -0.4 is 10.6 Å². The molecule has 1 saturated carbocycles. The van der Waals surface area contributed by atoms with Gasteiger partial charge in [0.25, 0.3) is 0 Å². The average molecular weight is 557 g/mol. The van der Waals surface area contributed by atoms with Gasteiger partial charge < -0.3 is 25.2 Å². The molecule has 1 fully saturated rings. The summed E-state index contributed by atoms with van der Waals surface area (Å²) in [5, 5.41) is 15.0. The number of benzene rings is 3. The van der Waals surface area contributed by atoms with Gasteiger partial charge >= 0.3 is 12.1 Å². The number of nitrogens with one attached hydrogen (secondary N) is 2. The first-order valence-electron chi connectivity index (χ1n) is 14.2. The molecule has 2 aliphatic rings. The fourth-order valence-electron chi connectivity index (χ4n) is 5.70. The number of amides is 2. The number of alkyl carbamates (subject to hydrolysis) is 1. The van der Waals surface area contributed by atoms with E-state index < -0.39 is 36.2 Å². The summed E-state index contributed by atoms with van der Waals surface area (Å²) in [6.07, 6.45) is 1.12. The molecule has 0 heterocycles. The van der Waals surface area contributed by atoms with Crippen LogP contribution in [0.3, 0.4) is 0 Å². The van der Waals surface area contributed by atoms with Crippen molar-refractivity contribution in [2.24, 2.45) is 5.92 Å². The van der Waals surface area contributed by atoms with Crippen LogP contribution in [-0.2, 0) is 25.7 Å². The fraction of sp³-hybridized carbons (Fsp3) is 0.364. The van der Waals surface area contributed by atoms with Crippen LogP contribution in [0.5, 0.6) is 0 Å². The van der Waals surface area contributed by atoms with Gasteiger partial charge in [-0.3, -0.25) is 9.59 Å². The Labute approximate surface area is 240 Å². The molecule has 214 valence electrons. The monoisotopic (exact) mass is 556 g/mol. The average Bonchev–Trinajstić information content (AvgIpc) is 3.26. The number of carbonyl (C=O) groups is 3. The van der Waals surface area contributed by atoms with Gasteiger partial charge in [-0.2, -0.15) is 0 Å². The van der Waals surface area contributed by atoms with Crippen molar-refractivity contribution >= 4 is 18.0 Å². The van der Waals surface area contributed by atoms with Crippen LogP contribution in [0.2, 0.25) is 0 Å². The number of fused-ring (bicyclic) bond motifs is 3. The molecule has 3 N–H and O–H groups in total. The highest BCUT2D eigenvalue weighted by molar-refractivity contribution is 5.87. The van der Waals surface area contributed by atoms with E-state index >= 15 is 0 Å². The highest BCUT2D eigenvalue weighted by Crippen LogP contribution is 2.44. The predicted octanol–water partition coefficient (Wildman–Crippen LogP) is 5.26. The fourth-order valence-corrected chi connectivity index (χ4v) is 5.70. The molecule has 3 atom stereocenters. The van der Waals surface area contributed by atoms with Crippen LogP contribution in [0.1, 0.15) is 55.2 Å². The number of carbonyl (C=O) groups excluding carboxylic acids is 2. The highest BCUT2D eigenvalue weighted by atomic mass is 16.5. The van der Waals surface area contributed by atoms with Crippen LogP contribution in [0.4, 0.5) is 4.79 Å². The Morgan fingerprint density at radius 3 is 2.07 bits per heavy atom. The Balaban J connectivity index is 1.27. The second-order valence-corrected chi connectivity index (χ2v) is 10.9. The SMILES string of the molecule is C[C@H](OCc1ccccc1)[C@@H](NC(=O)OCC1c2ccccc2-c2ccccc21)C(=O)NC(CC(=O)O)C1CCC1. The number of carboxylic acid groups (broad SMARTS) is 1. The van der Waals surface area contributed by atoms with Crippen molar-refractivity contribution in [3.8, 4) is 11.1 Å². The zero-order valence-electron chi connectivity index (χ0n) is 23.1. The molecule has 2 aliphatic carbocycles. The summed E-state index contributed by atoms with van der Waals surface area (Å²) in [4.78, 5) is 38.1. The molecule has 3 aromatic rings. The maximum absolute atomic E-state index is 13.5. The predicted molar refractivity (Wildman–Crippen MR) is 154 cm³/mol. The third kappa shape index (κ3) is 6.77. The first kappa shape index (κ1) is 28.4. The van der Waals surface area contributed by atoms with Crippen molar-refractivity contribution in [1.29, 1.82) is 0 Å². The van der Waals surface area contributed by atoms with Gasteiger partial charge in [-0.05, 0) is 53.5 Å². The Morgan fingerprint density at radius 2 is 1.49 bits per heavy atom. The van der Waals surface area contributed by atoms with Crippen LogP contribution in [0.25, 0.3) is 11.1 Å². The molecule has 0 saturated heterocycles. The van der Waals surface area contributed by atoms with E-state index in [2.05, 4.69) is 22.8 Å². The molecule has 8 nitrogen and oxygen atoms in total. The molecule has 0 aromatic heterocycles. The molecule has 2 amide bonds. The summed E-state index contributed by atoms with van der Waals surface area (Å²) >= 11 is 0. The summed E-state index contributed by atoms with van der Waals surface area (Å²) in [6.45, 7) is 2.07. The summed E-state index contributed by atoms with van der Waals surface area (Å²) in [5.74, 6) is -1.48. The molecular formula is C33H36N2O6. The van der Waals surface area contributed by atoms with Gasteiger partial charge in [-0.1, -0.05) is 85.3 Å². The van der Waals surface area contributed by atoms with Gasteiger partial charge in [0, 0.05) is 12.0 Å². The number of rotatable bonds is 12. The standard InChI is InChI=1S/C33H36N2O6/c1-21(40-19-22-10-3-2-4-11-22)31(32(38)34-29(18-30(36)37)23-12-9-13-23)35-33(39)41-20-28-26-16-7-5-14-24(26)25-15-6-8-17-27(25)28/h2-8,10-11,14-17,21,23,28-29,31H,9,12-13,18-20H2,1H3,(H,34,38)(H,35,39)(H,36,37)/t21-,29?,31+/m0/s1. The summed E-state index contributed by atoms with van der Waals surface area (Å²) in [5.41, 5.74) is 5.35. The van der Waals surface area contributed by atoms with Crippen LogP contribution >= 0.6 is 0 Å². The van der Waals surface area contributed by atoms with Gasteiger partial charge in [0.05, 0.1) is 19.1 Å². The van der Waals surface area contributed by atoms with Crippen LogP contribution in [0.15, 0.2) is 78.9 Å². The highest BCUT2D eigenvalue weighted by Gasteiger charge is 2.35. The van der Waals surface area contributed by atoms with E-state index in [0.29, 0.717) is 0 Å². The third-order valence-electron chi connectivity index (χ3n) is 8.17. The summed E-state index contributed by atoms with van der Waals surface area (Å²) < 4.78 is 11.7. The Hall–Kier alpha value is -4.17. The minimum atomic E-state index is -1.08. The second-order valence-electron chi connectivity index (χ2n) is 10.9. The molecule has 0 aliphatic heterocycles. The van der Waals surface area contributed by atoms with E-state index in [-0.39, 0.29) is 31.5 Å². The van der Waals surface area contributed by atoms with Gasteiger partial charge in [0.2, 0.25) is 5.91 Å². The number of aliphatic carboxylic acids is 1. The number of carboxylic acids is 1. The number of hydrogen-bond acceptors (Lipinski definition) is 5. The van der Waals surface area contributed by atoms with E-state index in [9.17, 15) is 19.5 Å². The maximum Gasteiger partial charge on any atom is 0.407 e. The molecule has 0 radical (unpaired) electrons. The number of ether oxygens (including phenoxy) is 2. The summed E-state index contributed by atoms with van der Waals surface area (Å²) in [6, 6.07) is 24.1. The van der Waals surface area contributed by atoms with Crippen molar-refractivity contribution in [2.75, 3.05) is 6.61 Å². The van der Waals surface area contributed by atoms with Gasteiger partial charge in [0.15, 0.2) is 0 Å². The lowest BCUT2D eigenvalue weighted by atomic mass is 9.78. The Kier molecular flexibility index (Phi) is 8.99. The lowest BCUT2D eigenvalue weighted by Gasteiger charge is -2.35. The molecule has 3 aromatic carbocycles. The van der Waals surface area contributed by atoms with E-state index in [1.54, 1.807) is 6.92 Å². The van der Waals surface area contributed by atoms with E-state index in [1.807, 2.05) is 66.7 Å². The molecule has 0 spiro atoms. The first-order chi connectivity index (χ1) is 19.9.